The van der Waals surface area contributed by atoms with Crippen LogP contribution in [0.4, 0.5) is 0 Å². The van der Waals surface area contributed by atoms with Crippen LogP contribution in [0.5, 0.6) is 0 Å². The largest absolute Gasteiger partial charge is 0.451 e. The molecule has 1 saturated carbocycles. The Morgan fingerprint density at radius 1 is 1.12 bits per heavy atom. The molecule has 0 N–H and O–H groups in total. The molecule has 2 aliphatic rings. The van der Waals surface area contributed by atoms with Crippen molar-refractivity contribution < 1.29 is 22.7 Å². The van der Waals surface area contributed by atoms with Crippen molar-refractivity contribution in [1.82, 2.24) is 9.88 Å². The summed E-state index contributed by atoms with van der Waals surface area (Å²) in [4.78, 5) is 30.4. The predicted octanol–water partition coefficient (Wildman–Crippen LogP) is 1.59. The summed E-state index contributed by atoms with van der Waals surface area (Å²) in [6.45, 7) is -0.386. The Balaban J connectivity index is 1.67. The summed E-state index contributed by atoms with van der Waals surface area (Å²) in [5.41, 5.74) is 0.146. The van der Waals surface area contributed by atoms with E-state index in [1.54, 1.807) is 17.0 Å². The lowest BCUT2D eigenvalue weighted by molar-refractivity contribution is -0.140. The van der Waals surface area contributed by atoms with Crippen molar-refractivity contribution in [3.05, 3.63) is 30.1 Å². The Labute approximate surface area is 153 Å². The van der Waals surface area contributed by atoms with Gasteiger partial charge < -0.3 is 9.64 Å². The van der Waals surface area contributed by atoms with Gasteiger partial charge in [0.05, 0.1) is 11.5 Å². The van der Waals surface area contributed by atoms with E-state index in [-0.39, 0.29) is 41.8 Å². The van der Waals surface area contributed by atoms with Gasteiger partial charge in [-0.15, -0.1) is 0 Å². The molecule has 1 aliphatic heterocycles. The Kier molecular flexibility index (Phi) is 5.90. The molecule has 1 aromatic rings. The minimum atomic E-state index is -3.10. The smallest absolute Gasteiger partial charge is 0.357 e. The summed E-state index contributed by atoms with van der Waals surface area (Å²) >= 11 is 0. The monoisotopic (exact) mass is 380 g/mol. The fourth-order valence-electron chi connectivity index (χ4n) is 3.82. The van der Waals surface area contributed by atoms with Crippen LogP contribution in [0.1, 0.15) is 49.0 Å². The summed E-state index contributed by atoms with van der Waals surface area (Å²) in [5.74, 6) is -0.851. The molecular weight excluding hydrogens is 356 g/mol. The summed E-state index contributed by atoms with van der Waals surface area (Å²) in [6.07, 6.45) is 6.88. The Morgan fingerprint density at radius 2 is 1.88 bits per heavy atom. The van der Waals surface area contributed by atoms with Gasteiger partial charge in [-0.3, -0.25) is 4.79 Å². The van der Waals surface area contributed by atoms with E-state index in [0.29, 0.717) is 6.42 Å². The first-order chi connectivity index (χ1) is 12.5. The summed E-state index contributed by atoms with van der Waals surface area (Å²) in [5, 5.41) is 0. The van der Waals surface area contributed by atoms with Crippen LogP contribution in [0.3, 0.4) is 0 Å². The zero-order valence-corrected chi connectivity index (χ0v) is 15.5. The summed E-state index contributed by atoms with van der Waals surface area (Å²) < 4.78 is 28.9. The van der Waals surface area contributed by atoms with Crippen LogP contribution in [-0.4, -0.2) is 60.4 Å². The maximum atomic E-state index is 12.8. The number of rotatable bonds is 5. The van der Waals surface area contributed by atoms with Crippen molar-refractivity contribution in [3.8, 4) is 0 Å². The molecule has 0 bridgehead atoms. The van der Waals surface area contributed by atoms with Gasteiger partial charge in [0.1, 0.15) is 5.69 Å². The number of ether oxygens (including phenoxy) is 1. The van der Waals surface area contributed by atoms with Gasteiger partial charge in [0.25, 0.3) is 5.91 Å². The highest BCUT2D eigenvalue weighted by Crippen LogP contribution is 2.28. The van der Waals surface area contributed by atoms with Crippen molar-refractivity contribution in [1.29, 1.82) is 0 Å². The number of carbonyl (C=O) groups excluding carboxylic acids is 2. The van der Waals surface area contributed by atoms with Crippen molar-refractivity contribution in [2.75, 3.05) is 18.1 Å². The summed E-state index contributed by atoms with van der Waals surface area (Å²) in [6, 6.07) is 4.60. The second kappa shape index (κ2) is 8.16. The predicted molar refractivity (Wildman–Crippen MR) is 95.3 cm³/mol. The number of carbonyl (C=O) groups is 2. The topological polar surface area (TPSA) is 93.6 Å². The molecule has 0 unspecified atom stereocenters. The first-order valence-electron chi connectivity index (χ1n) is 9.06. The van der Waals surface area contributed by atoms with E-state index in [4.69, 9.17) is 4.74 Å². The van der Waals surface area contributed by atoms with Gasteiger partial charge in [0.15, 0.2) is 16.4 Å². The molecule has 0 radical (unpaired) electrons. The number of aromatic nitrogens is 1. The highest BCUT2D eigenvalue weighted by atomic mass is 32.2. The normalized spacial score (nSPS) is 22.7. The lowest BCUT2D eigenvalue weighted by Gasteiger charge is -2.38. The number of hydrogen-bond acceptors (Lipinski definition) is 6. The number of sulfone groups is 1. The van der Waals surface area contributed by atoms with Gasteiger partial charge in [-0.25, -0.2) is 18.2 Å². The van der Waals surface area contributed by atoms with Gasteiger partial charge >= 0.3 is 5.97 Å². The Morgan fingerprint density at radius 3 is 2.50 bits per heavy atom. The molecule has 2 heterocycles. The number of esters is 1. The molecule has 1 aliphatic carbocycles. The molecule has 3 rings (SSSR count). The number of pyridine rings is 1. The van der Waals surface area contributed by atoms with Crippen LogP contribution in [0, 0.1) is 0 Å². The van der Waals surface area contributed by atoms with Crippen LogP contribution in [0.2, 0.25) is 0 Å². The quantitative estimate of drug-likeness (QED) is 0.720. The van der Waals surface area contributed by atoms with Crippen LogP contribution < -0.4 is 0 Å². The second-order valence-corrected chi connectivity index (χ2v) is 9.17. The minimum Gasteiger partial charge on any atom is -0.451 e. The molecule has 2 fully saturated rings. The van der Waals surface area contributed by atoms with Crippen LogP contribution >= 0.6 is 0 Å². The van der Waals surface area contributed by atoms with Crippen molar-refractivity contribution >= 4 is 21.7 Å². The van der Waals surface area contributed by atoms with Crippen molar-refractivity contribution in [3.63, 3.8) is 0 Å². The molecule has 1 amide bonds. The fraction of sp³-hybridized carbons (Fsp3) is 0.611. The zero-order chi connectivity index (χ0) is 18.6. The lowest BCUT2D eigenvalue weighted by Crippen LogP contribution is -2.50. The maximum absolute atomic E-state index is 12.8. The molecule has 26 heavy (non-hydrogen) atoms. The van der Waals surface area contributed by atoms with E-state index in [9.17, 15) is 18.0 Å². The van der Waals surface area contributed by atoms with Gasteiger partial charge in [-0.05, 0) is 31.4 Å². The summed E-state index contributed by atoms with van der Waals surface area (Å²) in [7, 11) is -3.10. The van der Waals surface area contributed by atoms with E-state index >= 15 is 0 Å². The van der Waals surface area contributed by atoms with Crippen molar-refractivity contribution in [2.45, 2.75) is 50.6 Å². The van der Waals surface area contributed by atoms with E-state index in [2.05, 4.69) is 4.98 Å². The molecule has 7 nitrogen and oxygen atoms in total. The second-order valence-electron chi connectivity index (χ2n) is 6.94. The lowest BCUT2D eigenvalue weighted by atomic mass is 9.93. The van der Waals surface area contributed by atoms with E-state index < -0.39 is 15.8 Å². The first kappa shape index (κ1) is 18.8. The molecule has 142 valence electrons. The molecule has 0 spiro atoms. The maximum Gasteiger partial charge on any atom is 0.357 e. The standard InChI is InChI=1S/C18H24N2O5S/c21-17(12-25-18(22)16-8-4-5-10-19-16)20(14-6-2-1-3-7-14)15-9-11-26(23,24)13-15/h4-5,8,10,14-15H,1-3,6-7,9,11-13H2/t15-/m1/s1. The van der Waals surface area contributed by atoms with E-state index in [0.717, 1.165) is 32.1 Å². The molecule has 1 aromatic heterocycles. The Hall–Kier alpha value is -1.96. The fourth-order valence-corrected chi connectivity index (χ4v) is 5.53. The minimum absolute atomic E-state index is 0.00340. The number of amides is 1. The molecular formula is C18H24N2O5S. The third kappa shape index (κ3) is 4.60. The average molecular weight is 380 g/mol. The molecule has 1 atom stereocenters. The van der Waals surface area contributed by atoms with E-state index in [1.165, 1.54) is 12.3 Å². The molecule has 8 heteroatoms. The van der Waals surface area contributed by atoms with Gasteiger partial charge in [0, 0.05) is 18.3 Å². The highest BCUT2D eigenvalue weighted by molar-refractivity contribution is 7.91. The highest BCUT2D eigenvalue weighted by Gasteiger charge is 2.38. The molecule has 1 saturated heterocycles. The van der Waals surface area contributed by atoms with Crippen LogP contribution in [-0.2, 0) is 19.4 Å². The van der Waals surface area contributed by atoms with Gasteiger partial charge in [-0.1, -0.05) is 25.3 Å². The third-order valence-corrected chi connectivity index (χ3v) is 6.81. The Bertz CT molecular complexity index is 744. The zero-order valence-electron chi connectivity index (χ0n) is 14.7. The number of nitrogens with zero attached hydrogens (tertiary/aromatic N) is 2. The first-order valence-corrected chi connectivity index (χ1v) is 10.9. The van der Waals surface area contributed by atoms with Crippen molar-refractivity contribution in [2.24, 2.45) is 0 Å². The number of hydrogen-bond donors (Lipinski definition) is 0. The third-order valence-electron chi connectivity index (χ3n) is 5.06. The van der Waals surface area contributed by atoms with Crippen LogP contribution in [0.15, 0.2) is 24.4 Å². The average Bonchev–Trinajstić information content (AvgIpc) is 3.01. The van der Waals surface area contributed by atoms with Gasteiger partial charge in [-0.2, -0.15) is 0 Å². The SMILES string of the molecule is O=C(OCC(=O)N(C1CCCCC1)[C@@H]1CCS(=O)(=O)C1)c1ccccn1. The van der Waals surface area contributed by atoms with Gasteiger partial charge in [0.2, 0.25) is 0 Å². The van der Waals surface area contributed by atoms with E-state index in [1.807, 2.05) is 0 Å². The molecule has 0 aromatic carbocycles. The van der Waals surface area contributed by atoms with Crippen LogP contribution in [0.25, 0.3) is 0 Å².